The molecule has 3 rings (SSSR count). The van der Waals surface area contributed by atoms with Crippen molar-refractivity contribution in [2.24, 2.45) is 0 Å². The lowest BCUT2D eigenvalue weighted by Gasteiger charge is -2.13. The number of hydrogen-bond acceptors (Lipinski definition) is 7. The second kappa shape index (κ2) is 8.39. The van der Waals surface area contributed by atoms with Gasteiger partial charge in [0.2, 0.25) is 0 Å². The average Bonchev–Trinajstić information content (AvgIpc) is 3.16. The molecule has 0 spiro atoms. The van der Waals surface area contributed by atoms with Gasteiger partial charge in [0, 0.05) is 29.7 Å². The Morgan fingerprint density at radius 3 is 2.88 bits per heavy atom. The van der Waals surface area contributed by atoms with Crippen molar-refractivity contribution >= 4 is 23.1 Å². The highest BCUT2D eigenvalue weighted by Gasteiger charge is 2.16. The molecule has 0 aliphatic rings. The minimum atomic E-state index is -0.236. The lowest BCUT2D eigenvalue weighted by molar-refractivity contribution is 0.102. The van der Waals surface area contributed by atoms with Gasteiger partial charge in [-0.05, 0) is 36.2 Å². The minimum Gasteiger partial charge on any atom is -0.493 e. The topological polar surface area (TPSA) is 86.2 Å². The molecule has 7 nitrogen and oxygen atoms in total. The van der Waals surface area contributed by atoms with Gasteiger partial charge in [-0.2, -0.15) is 0 Å². The van der Waals surface area contributed by atoms with Crippen LogP contribution in [0.2, 0.25) is 0 Å². The molecule has 0 saturated carbocycles. The van der Waals surface area contributed by atoms with Crippen molar-refractivity contribution in [3.63, 3.8) is 0 Å². The third-order valence-electron chi connectivity index (χ3n) is 3.64. The number of carbonyl (C=O) groups is 1. The molecular formula is C18H18N4O3S. The van der Waals surface area contributed by atoms with Crippen LogP contribution in [0.5, 0.6) is 11.5 Å². The second-order valence-corrected chi connectivity index (χ2v) is 6.13. The van der Waals surface area contributed by atoms with Crippen LogP contribution >= 0.6 is 11.5 Å². The van der Waals surface area contributed by atoms with Crippen molar-refractivity contribution in [1.82, 2.24) is 14.6 Å². The molecule has 8 heteroatoms. The Labute approximate surface area is 155 Å². The fourth-order valence-electron chi connectivity index (χ4n) is 2.31. The van der Waals surface area contributed by atoms with Crippen molar-refractivity contribution in [2.75, 3.05) is 12.4 Å². The van der Waals surface area contributed by atoms with Gasteiger partial charge in [-0.1, -0.05) is 17.5 Å². The first-order chi connectivity index (χ1) is 12.7. The van der Waals surface area contributed by atoms with Gasteiger partial charge >= 0.3 is 0 Å². The number of nitrogens with zero attached hydrogens (tertiary/aromatic N) is 3. The highest BCUT2D eigenvalue weighted by Crippen LogP contribution is 2.31. The van der Waals surface area contributed by atoms with E-state index in [1.165, 1.54) is 0 Å². The van der Waals surface area contributed by atoms with Gasteiger partial charge in [0.15, 0.2) is 11.5 Å². The third kappa shape index (κ3) is 4.15. The van der Waals surface area contributed by atoms with Crippen LogP contribution < -0.4 is 14.8 Å². The van der Waals surface area contributed by atoms with E-state index in [0.29, 0.717) is 40.8 Å². The quantitative estimate of drug-likeness (QED) is 0.686. The van der Waals surface area contributed by atoms with Gasteiger partial charge < -0.3 is 14.8 Å². The van der Waals surface area contributed by atoms with Gasteiger partial charge in [0.25, 0.3) is 5.91 Å². The number of rotatable bonds is 7. The van der Waals surface area contributed by atoms with Crippen LogP contribution in [-0.4, -0.2) is 27.6 Å². The van der Waals surface area contributed by atoms with E-state index in [4.69, 9.17) is 9.47 Å². The van der Waals surface area contributed by atoms with Crippen LogP contribution in [0, 0.1) is 0 Å². The summed E-state index contributed by atoms with van der Waals surface area (Å²) in [7, 11) is 1.57. The van der Waals surface area contributed by atoms with Crippen LogP contribution in [0.1, 0.15) is 27.9 Å². The molecule has 1 aromatic carbocycles. The number of nitrogens with one attached hydrogen (secondary N) is 1. The monoisotopic (exact) mass is 370 g/mol. The number of aromatic nitrogens is 3. The molecule has 0 saturated heterocycles. The molecule has 0 bridgehead atoms. The molecule has 0 aliphatic carbocycles. The summed E-state index contributed by atoms with van der Waals surface area (Å²) in [5, 5.41) is 6.81. The van der Waals surface area contributed by atoms with Crippen LogP contribution in [0.3, 0.4) is 0 Å². The summed E-state index contributed by atoms with van der Waals surface area (Å²) in [6, 6.07) is 9.01. The van der Waals surface area contributed by atoms with Gasteiger partial charge in [-0.25, -0.2) is 0 Å². The molecule has 134 valence electrons. The van der Waals surface area contributed by atoms with E-state index in [1.54, 1.807) is 37.7 Å². The largest absolute Gasteiger partial charge is 0.493 e. The van der Waals surface area contributed by atoms with E-state index in [2.05, 4.69) is 19.9 Å². The smallest absolute Gasteiger partial charge is 0.269 e. The van der Waals surface area contributed by atoms with Crippen LogP contribution in [0.15, 0.2) is 42.7 Å². The summed E-state index contributed by atoms with van der Waals surface area (Å²) in [5.41, 5.74) is 2.23. The molecule has 1 N–H and O–H groups in total. The maximum absolute atomic E-state index is 12.4. The summed E-state index contributed by atoms with van der Waals surface area (Å²) in [6.45, 7) is 2.28. The maximum atomic E-state index is 12.4. The summed E-state index contributed by atoms with van der Waals surface area (Å²) in [6.07, 6.45) is 4.10. The zero-order chi connectivity index (χ0) is 18.4. The first-order valence-electron chi connectivity index (χ1n) is 8.03. The third-order valence-corrected chi connectivity index (χ3v) is 4.40. The van der Waals surface area contributed by atoms with Gasteiger partial charge in [0.1, 0.15) is 11.5 Å². The van der Waals surface area contributed by atoms with E-state index in [1.807, 2.05) is 19.1 Å². The molecule has 1 amide bonds. The van der Waals surface area contributed by atoms with Gasteiger partial charge in [-0.3, -0.25) is 9.78 Å². The lowest BCUT2D eigenvalue weighted by Crippen LogP contribution is -2.12. The minimum absolute atomic E-state index is 0.236. The Hall–Kier alpha value is -3.00. The molecule has 0 unspecified atom stereocenters. The summed E-state index contributed by atoms with van der Waals surface area (Å²) in [5.74, 6) is 0.883. The second-order valence-electron chi connectivity index (χ2n) is 5.37. The van der Waals surface area contributed by atoms with Crippen molar-refractivity contribution in [3.05, 3.63) is 58.9 Å². The number of amides is 1. The zero-order valence-corrected chi connectivity index (χ0v) is 15.2. The number of hydrogen-bond donors (Lipinski definition) is 1. The zero-order valence-electron chi connectivity index (χ0n) is 14.4. The van der Waals surface area contributed by atoms with Crippen molar-refractivity contribution < 1.29 is 14.3 Å². The average molecular weight is 370 g/mol. The lowest BCUT2D eigenvalue weighted by atomic mass is 10.2. The molecular weight excluding hydrogens is 352 g/mol. The number of benzene rings is 1. The number of anilines is 1. The number of methoxy groups -OCH3 is 1. The molecule has 0 radical (unpaired) electrons. The summed E-state index contributed by atoms with van der Waals surface area (Å²) < 4.78 is 15.0. The fraction of sp³-hybridized carbons (Fsp3) is 0.222. The molecule has 0 aliphatic heterocycles. The first-order valence-corrected chi connectivity index (χ1v) is 8.81. The first kappa shape index (κ1) is 17.8. The Morgan fingerprint density at radius 1 is 1.27 bits per heavy atom. The van der Waals surface area contributed by atoms with Crippen LogP contribution in [0.4, 0.5) is 5.69 Å². The van der Waals surface area contributed by atoms with Crippen LogP contribution in [-0.2, 0) is 13.0 Å². The standard InChI is InChI=1S/C18H18N4O3S/c1-3-14-17(26-22-21-14)18(23)20-13-6-7-15(24-2)16(9-13)25-11-12-5-4-8-19-10-12/h4-10H,3,11H2,1-2H3,(H,20,23). The Bertz CT molecular complexity index is 883. The van der Waals surface area contributed by atoms with E-state index in [9.17, 15) is 4.79 Å². The van der Waals surface area contributed by atoms with E-state index in [-0.39, 0.29) is 5.91 Å². The van der Waals surface area contributed by atoms with Gasteiger partial charge in [-0.15, -0.1) is 5.10 Å². The van der Waals surface area contributed by atoms with E-state index >= 15 is 0 Å². The van der Waals surface area contributed by atoms with Crippen LogP contribution in [0.25, 0.3) is 0 Å². The SMILES string of the molecule is CCc1nnsc1C(=O)Nc1ccc(OC)c(OCc2cccnc2)c1. The molecule has 3 aromatic rings. The highest BCUT2D eigenvalue weighted by atomic mass is 32.1. The number of carbonyl (C=O) groups excluding carboxylic acids is 1. The molecule has 0 fully saturated rings. The molecule has 0 atom stereocenters. The van der Waals surface area contributed by atoms with Crippen molar-refractivity contribution in [2.45, 2.75) is 20.0 Å². The Morgan fingerprint density at radius 2 is 2.15 bits per heavy atom. The summed E-state index contributed by atoms with van der Waals surface area (Å²) >= 11 is 1.08. The predicted octanol–water partition coefficient (Wildman–Crippen LogP) is 3.34. The molecule has 26 heavy (non-hydrogen) atoms. The van der Waals surface area contributed by atoms with Crippen molar-refractivity contribution in [1.29, 1.82) is 0 Å². The number of ether oxygens (including phenoxy) is 2. The predicted molar refractivity (Wildman–Crippen MR) is 98.8 cm³/mol. The Balaban J connectivity index is 1.75. The molecule has 2 aromatic heterocycles. The van der Waals surface area contributed by atoms with E-state index < -0.39 is 0 Å². The highest BCUT2D eigenvalue weighted by molar-refractivity contribution is 7.08. The number of aryl methyl sites for hydroxylation is 1. The molecule has 2 heterocycles. The van der Waals surface area contributed by atoms with Gasteiger partial charge in [0.05, 0.1) is 12.8 Å². The van der Waals surface area contributed by atoms with E-state index in [0.717, 1.165) is 17.1 Å². The summed E-state index contributed by atoms with van der Waals surface area (Å²) in [4.78, 5) is 17.0. The van der Waals surface area contributed by atoms with Crippen molar-refractivity contribution in [3.8, 4) is 11.5 Å². The number of pyridine rings is 1. The normalized spacial score (nSPS) is 10.4. The Kier molecular flexibility index (Phi) is 5.75. The maximum Gasteiger partial charge on any atom is 0.269 e. The fourth-order valence-corrected chi connectivity index (χ4v) is 2.96.